The first-order valence-corrected chi connectivity index (χ1v) is 10.1. The van der Waals surface area contributed by atoms with Crippen LogP contribution in [0.5, 0.6) is 0 Å². The Morgan fingerprint density at radius 1 is 1.24 bits per heavy atom. The van der Waals surface area contributed by atoms with Crippen LogP contribution < -0.4 is 10.9 Å². The molecule has 148 valence electrons. The second-order valence-corrected chi connectivity index (χ2v) is 8.25. The van der Waals surface area contributed by atoms with Gasteiger partial charge in [0.15, 0.2) is 0 Å². The Bertz CT molecular complexity index is 1040. The number of carbonyl (C=O) groups is 3. The number of thiophene rings is 1. The largest absolute Gasteiger partial charge is 0.283 e. The molecule has 0 spiro atoms. The highest BCUT2D eigenvalue weighted by molar-refractivity contribution is 8.26. The van der Waals surface area contributed by atoms with Crippen molar-refractivity contribution in [2.75, 3.05) is 6.54 Å². The second-order valence-electron chi connectivity index (χ2n) is 5.59. The molecule has 2 heterocycles. The van der Waals surface area contributed by atoms with Gasteiger partial charge in [0.1, 0.15) is 10.9 Å². The lowest BCUT2D eigenvalue weighted by atomic mass is 10.2. The molecule has 1 fully saturated rings. The van der Waals surface area contributed by atoms with Crippen LogP contribution >= 0.6 is 35.3 Å². The molecule has 3 amide bonds. The number of thiocarbonyl (C=S) groups is 1. The van der Waals surface area contributed by atoms with Crippen molar-refractivity contribution in [3.63, 3.8) is 0 Å². The molecule has 2 aromatic rings. The lowest BCUT2D eigenvalue weighted by Crippen LogP contribution is -2.47. The third-order valence-corrected chi connectivity index (χ3v) is 5.82. The summed E-state index contributed by atoms with van der Waals surface area (Å²) in [5.41, 5.74) is 4.08. The smallest absolute Gasteiger partial charge is 0.270 e. The molecule has 0 atom stereocenters. The Morgan fingerprint density at radius 2 is 2.03 bits per heavy atom. The van der Waals surface area contributed by atoms with Crippen molar-refractivity contribution in [1.29, 1.82) is 0 Å². The van der Waals surface area contributed by atoms with Gasteiger partial charge >= 0.3 is 0 Å². The molecule has 1 aliphatic rings. The van der Waals surface area contributed by atoms with E-state index >= 15 is 0 Å². The van der Waals surface area contributed by atoms with Crippen LogP contribution in [0.15, 0.2) is 46.7 Å². The molecule has 1 saturated heterocycles. The summed E-state index contributed by atoms with van der Waals surface area (Å²) in [5, 5.41) is 12.7. The molecule has 0 unspecified atom stereocenters. The van der Waals surface area contributed by atoms with Gasteiger partial charge in [-0.3, -0.25) is 40.2 Å². The maximum atomic E-state index is 12.5. The Balaban J connectivity index is 1.57. The van der Waals surface area contributed by atoms with Crippen molar-refractivity contribution < 1.29 is 19.3 Å². The van der Waals surface area contributed by atoms with Crippen molar-refractivity contribution in [3.8, 4) is 0 Å². The van der Waals surface area contributed by atoms with Gasteiger partial charge in [-0.15, -0.1) is 11.3 Å². The molecule has 1 aromatic heterocycles. The Morgan fingerprint density at radius 3 is 2.72 bits per heavy atom. The van der Waals surface area contributed by atoms with Crippen LogP contribution in [0.3, 0.4) is 0 Å². The highest BCUT2D eigenvalue weighted by atomic mass is 32.2. The lowest BCUT2D eigenvalue weighted by molar-refractivity contribution is -0.384. The number of hydrazine groups is 1. The van der Waals surface area contributed by atoms with Gasteiger partial charge in [-0.2, -0.15) is 0 Å². The summed E-state index contributed by atoms with van der Waals surface area (Å²) in [4.78, 5) is 49.2. The molecular weight excluding hydrogens is 436 g/mol. The molecule has 2 N–H and O–H groups in total. The summed E-state index contributed by atoms with van der Waals surface area (Å²) in [5.74, 6) is -1.80. The number of hydrogen-bond donors (Lipinski definition) is 2. The molecular formula is C17H12N4O5S3. The average Bonchev–Trinajstić information content (AvgIpc) is 3.30. The van der Waals surface area contributed by atoms with Crippen molar-refractivity contribution >= 4 is 69.1 Å². The predicted molar refractivity (Wildman–Crippen MR) is 113 cm³/mol. The number of nitro benzene ring substituents is 1. The average molecular weight is 449 g/mol. The van der Waals surface area contributed by atoms with Crippen LogP contribution in [0.2, 0.25) is 0 Å². The highest BCUT2D eigenvalue weighted by Gasteiger charge is 2.33. The van der Waals surface area contributed by atoms with Crippen LogP contribution in [0.25, 0.3) is 6.08 Å². The maximum Gasteiger partial charge on any atom is 0.270 e. The molecule has 1 aliphatic heterocycles. The third kappa shape index (κ3) is 5.04. The van der Waals surface area contributed by atoms with Crippen LogP contribution in [-0.2, 0) is 9.59 Å². The van der Waals surface area contributed by atoms with E-state index in [1.165, 1.54) is 29.5 Å². The zero-order chi connectivity index (χ0) is 21.0. The number of hydrogen-bond acceptors (Lipinski definition) is 8. The van der Waals surface area contributed by atoms with E-state index in [0.717, 1.165) is 27.6 Å². The fourth-order valence-corrected chi connectivity index (χ4v) is 4.26. The fourth-order valence-electron chi connectivity index (χ4n) is 2.28. The van der Waals surface area contributed by atoms with Crippen molar-refractivity contribution in [3.05, 3.63) is 67.2 Å². The normalized spacial score (nSPS) is 14.9. The monoisotopic (exact) mass is 448 g/mol. The topological polar surface area (TPSA) is 122 Å². The van der Waals surface area contributed by atoms with Crippen LogP contribution in [0.1, 0.15) is 15.2 Å². The zero-order valence-electron chi connectivity index (χ0n) is 14.5. The summed E-state index contributed by atoms with van der Waals surface area (Å²) in [6.45, 7) is -0.373. The van der Waals surface area contributed by atoms with Crippen LogP contribution in [0.4, 0.5) is 5.69 Å². The first-order chi connectivity index (χ1) is 13.8. The van der Waals surface area contributed by atoms with E-state index in [2.05, 4.69) is 10.9 Å². The van der Waals surface area contributed by atoms with Gasteiger partial charge in [0.05, 0.1) is 9.83 Å². The Kier molecular flexibility index (Phi) is 6.36. The van der Waals surface area contributed by atoms with Crippen molar-refractivity contribution in [2.24, 2.45) is 0 Å². The van der Waals surface area contributed by atoms with E-state index < -0.39 is 22.6 Å². The van der Waals surface area contributed by atoms with E-state index in [-0.39, 0.29) is 22.1 Å². The SMILES string of the molecule is O=C(CN1C(=O)C(=Cc2cccs2)SC1=S)NNC(=O)c1cccc([N+](=O)[O-])c1. The molecule has 9 nitrogen and oxygen atoms in total. The lowest BCUT2D eigenvalue weighted by Gasteiger charge is -2.14. The number of nitrogens with zero attached hydrogens (tertiary/aromatic N) is 2. The van der Waals surface area contributed by atoms with E-state index in [1.807, 2.05) is 17.5 Å². The summed E-state index contributed by atoms with van der Waals surface area (Å²) < 4.78 is 0.234. The number of rotatable bonds is 5. The van der Waals surface area contributed by atoms with Gasteiger partial charge in [0, 0.05) is 22.6 Å². The minimum atomic E-state index is -0.731. The minimum absolute atomic E-state index is 0.00370. The van der Waals surface area contributed by atoms with Gasteiger partial charge in [-0.1, -0.05) is 36.1 Å². The maximum absolute atomic E-state index is 12.5. The first-order valence-electron chi connectivity index (χ1n) is 7.97. The Labute approximate surface area is 177 Å². The van der Waals surface area contributed by atoms with Crippen molar-refractivity contribution in [1.82, 2.24) is 15.8 Å². The van der Waals surface area contributed by atoms with Crippen LogP contribution in [-0.4, -0.2) is 38.4 Å². The predicted octanol–water partition coefficient (Wildman–Crippen LogP) is 2.32. The van der Waals surface area contributed by atoms with Gasteiger partial charge in [-0.05, 0) is 23.6 Å². The molecule has 0 aliphatic carbocycles. The van der Waals surface area contributed by atoms with Gasteiger partial charge < -0.3 is 0 Å². The summed E-state index contributed by atoms with van der Waals surface area (Å²) in [6, 6.07) is 8.76. The molecule has 29 heavy (non-hydrogen) atoms. The second kappa shape index (κ2) is 8.94. The number of nitrogens with one attached hydrogen (secondary N) is 2. The summed E-state index contributed by atoms with van der Waals surface area (Å²) in [7, 11) is 0. The van der Waals surface area contributed by atoms with Crippen LogP contribution in [0, 0.1) is 10.1 Å². The number of non-ortho nitro benzene ring substituents is 1. The quantitative estimate of drug-likeness (QED) is 0.312. The molecule has 0 radical (unpaired) electrons. The molecule has 0 bridgehead atoms. The van der Waals surface area contributed by atoms with Gasteiger partial charge in [0.25, 0.3) is 23.4 Å². The molecule has 12 heteroatoms. The number of carbonyl (C=O) groups excluding carboxylic acids is 3. The van der Waals surface area contributed by atoms with Gasteiger partial charge in [-0.25, -0.2) is 0 Å². The number of benzene rings is 1. The van der Waals surface area contributed by atoms with E-state index in [4.69, 9.17) is 12.2 Å². The third-order valence-electron chi connectivity index (χ3n) is 3.63. The Hall–Kier alpha value is -3.09. The summed E-state index contributed by atoms with van der Waals surface area (Å²) >= 11 is 7.72. The van der Waals surface area contributed by atoms with E-state index in [0.29, 0.717) is 4.91 Å². The molecule has 3 rings (SSSR count). The van der Waals surface area contributed by atoms with Gasteiger partial charge in [0.2, 0.25) is 0 Å². The molecule has 0 saturated carbocycles. The zero-order valence-corrected chi connectivity index (χ0v) is 16.9. The van der Waals surface area contributed by atoms with Crippen molar-refractivity contribution in [2.45, 2.75) is 0 Å². The highest BCUT2D eigenvalue weighted by Crippen LogP contribution is 2.32. The van der Waals surface area contributed by atoms with E-state index in [1.54, 1.807) is 6.08 Å². The molecule has 1 aromatic carbocycles. The summed E-state index contributed by atoms with van der Waals surface area (Å²) in [6.07, 6.45) is 1.70. The van der Waals surface area contributed by atoms with E-state index in [9.17, 15) is 24.5 Å². The first kappa shape index (κ1) is 20.6. The number of nitro groups is 1. The number of thioether (sulfide) groups is 1. The standard InChI is InChI=1S/C17H12N4O5S3/c22-14(18-19-15(23)10-3-1-4-11(7-10)21(25)26)9-20-16(24)13(29-17(20)27)8-12-5-2-6-28-12/h1-8H,9H2,(H,18,22)(H,19,23). The minimum Gasteiger partial charge on any atom is -0.283 e. The fraction of sp³-hybridized carbons (Fsp3) is 0.0588. The number of amides is 3.